The number of methoxy groups -OCH3 is 2. The average molecular weight is 361 g/mol. The van der Waals surface area contributed by atoms with Gasteiger partial charge in [-0.1, -0.05) is 19.3 Å². The lowest BCUT2D eigenvalue weighted by Crippen LogP contribution is -2.50. The number of rotatable bonds is 7. The van der Waals surface area contributed by atoms with Gasteiger partial charge in [-0.2, -0.15) is 5.10 Å². The summed E-state index contributed by atoms with van der Waals surface area (Å²) in [5.41, 5.74) is 3.72. The molecule has 0 aromatic carbocycles. The van der Waals surface area contributed by atoms with Crippen molar-refractivity contribution in [3.63, 3.8) is 0 Å². The molecule has 0 spiro atoms. The molecule has 1 aromatic rings. The van der Waals surface area contributed by atoms with Crippen LogP contribution >= 0.6 is 15.9 Å². The van der Waals surface area contributed by atoms with E-state index in [1.807, 2.05) is 10.9 Å². The fourth-order valence-electron chi connectivity index (χ4n) is 3.26. The van der Waals surface area contributed by atoms with Crippen molar-refractivity contribution in [2.24, 2.45) is 5.84 Å². The van der Waals surface area contributed by atoms with Gasteiger partial charge in [0.05, 0.1) is 41.2 Å². The molecule has 7 heteroatoms. The number of ether oxygens (including phenoxy) is 2. The van der Waals surface area contributed by atoms with Crippen LogP contribution in [0, 0.1) is 0 Å². The first-order valence-corrected chi connectivity index (χ1v) is 8.19. The number of nitrogens with one attached hydrogen (secondary N) is 1. The molecule has 120 valence electrons. The van der Waals surface area contributed by atoms with Crippen LogP contribution in [0.1, 0.15) is 43.8 Å². The molecule has 1 aliphatic rings. The number of nitrogens with two attached hydrogens (primary N) is 1. The van der Waals surface area contributed by atoms with E-state index in [1.54, 1.807) is 14.2 Å². The van der Waals surface area contributed by atoms with Gasteiger partial charge in [0.2, 0.25) is 0 Å². The Labute approximate surface area is 134 Å². The lowest BCUT2D eigenvalue weighted by Gasteiger charge is -2.42. The fraction of sp³-hybridized carbons (Fsp3) is 0.786. The normalized spacial score (nSPS) is 19.6. The van der Waals surface area contributed by atoms with E-state index in [2.05, 4.69) is 26.5 Å². The molecule has 0 saturated heterocycles. The monoisotopic (exact) mass is 360 g/mol. The molecule has 1 unspecified atom stereocenters. The molecule has 0 radical (unpaired) electrons. The highest BCUT2D eigenvalue weighted by atomic mass is 79.9. The summed E-state index contributed by atoms with van der Waals surface area (Å²) in [6.07, 6.45) is 7.39. The third kappa shape index (κ3) is 3.48. The Kier molecular flexibility index (Phi) is 6.19. The maximum absolute atomic E-state index is 5.93. The van der Waals surface area contributed by atoms with Crippen molar-refractivity contribution in [2.75, 3.05) is 20.8 Å². The van der Waals surface area contributed by atoms with Gasteiger partial charge in [0.1, 0.15) is 0 Å². The zero-order valence-electron chi connectivity index (χ0n) is 12.8. The number of hydrogen-bond acceptors (Lipinski definition) is 5. The van der Waals surface area contributed by atoms with Gasteiger partial charge in [-0.05, 0) is 28.8 Å². The van der Waals surface area contributed by atoms with Crippen molar-refractivity contribution in [3.8, 4) is 0 Å². The van der Waals surface area contributed by atoms with Gasteiger partial charge < -0.3 is 9.47 Å². The summed E-state index contributed by atoms with van der Waals surface area (Å²) in [4.78, 5) is 0. The van der Waals surface area contributed by atoms with Gasteiger partial charge in [-0.25, -0.2) is 5.43 Å². The minimum Gasteiger partial charge on any atom is -0.383 e. The summed E-state index contributed by atoms with van der Waals surface area (Å²) in [5, 5.41) is 4.42. The van der Waals surface area contributed by atoms with Crippen LogP contribution in [0.15, 0.2) is 10.7 Å². The van der Waals surface area contributed by atoms with Crippen LogP contribution in [0.25, 0.3) is 0 Å². The van der Waals surface area contributed by atoms with Crippen LogP contribution in [0.4, 0.5) is 0 Å². The second-order valence-electron chi connectivity index (χ2n) is 5.52. The van der Waals surface area contributed by atoms with Gasteiger partial charge in [-0.15, -0.1) is 0 Å². The van der Waals surface area contributed by atoms with Crippen molar-refractivity contribution in [2.45, 2.75) is 50.3 Å². The van der Waals surface area contributed by atoms with E-state index < -0.39 is 0 Å². The van der Waals surface area contributed by atoms with Crippen molar-refractivity contribution in [1.29, 1.82) is 0 Å². The minimum atomic E-state index is -0.277. The fourth-order valence-corrected chi connectivity index (χ4v) is 3.78. The molecule has 1 fully saturated rings. The number of hydrogen-bond donors (Lipinski definition) is 2. The summed E-state index contributed by atoms with van der Waals surface area (Å²) in [6, 6.07) is -0.100. The van der Waals surface area contributed by atoms with E-state index in [9.17, 15) is 0 Å². The third-order valence-corrected chi connectivity index (χ3v) is 5.02. The van der Waals surface area contributed by atoms with E-state index in [0.717, 1.165) is 35.8 Å². The van der Waals surface area contributed by atoms with Gasteiger partial charge in [0.25, 0.3) is 0 Å². The third-order valence-electron chi connectivity index (χ3n) is 4.41. The second kappa shape index (κ2) is 7.69. The maximum atomic E-state index is 5.93. The molecule has 1 heterocycles. The molecule has 1 aromatic heterocycles. The van der Waals surface area contributed by atoms with Gasteiger partial charge in [0, 0.05) is 14.2 Å². The SMILES string of the molecule is COCCn1ncc(Br)c1C(NN)C1(OC)CCCCC1. The molecule has 21 heavy (non-hydrogen) atoms. The Morgan fingerprint density at radius 3 is 2.71 bits per heavy atom. The van der Waals surface area contributed by atoms with E-state index in [0.29, 0.717) is 13.2 Å². The van der Waals surface area contributed by atoms with Crippen LogP contribution in [0.2, 0.25) is 0 Å². The van der Waals surface area contributed by atoms with Crippen molar-refractivity contribution in [1.82, 2.24) is 15.2 Å². The Bertz CT molecular complexity index is 446. The highest BCUT2D eigenvalue weighted by molar-refractivity contribution is 9.10. The lowest BCUT2D eigenvalue weighted by molar-refractivity contribution is -0.0711. The summed E-state index contributed by atoms with van der Waals surface area (Å²) in [5.74, 6) is 5.90. The molecule has 0 aliphatic heterocycles. The molecule has 1 atom stereocenters. The first kappa shape index (κ1) is 16.9. The van der Waals surface area contributed by atoms with Gasteiger partial charge in [-0.3, -0.25) is 10.5 Å². The maximum Gasteiger partial charge on any atom is 0.0929 e. The van der Waals surface area contributed by atoms with Crippen LogP contribution < -0.4 is 11.3 Å². The molecule has 1 saturated carbocycles. The number of halogens is 1. The van der Waals surface area contributed by atoms with E-state index in [-0.39, 0.29) is 11.6 Å². The van der Waals surface area contributed by atoms with Gasteiger partial charge in [0.15, 0.2) is 0 Å². The lowest BCUT2D eigenvalue weighted by atomic mass is 9.78. The molecule has 3 N–H and O–H groups in total. The van der Waals surface area contributed by atoms with Gasteiger partial charge >= 0.3 is 0 Å². The van der Waals surface area contributed by atoms with Crippen LogP contribution in [0.5, 0.6) is 0 Å². The van der Waals surface area contributed by atoms with Crippen molar-refractivity contribution in [3.05, 3.63) is 16.4 Å². The second-order valence-corrected chi connectivity index (χ2v) is 6.38. The summed E-state index contributed by atoms with van der Waals surface area (Å²) in [7, 11) is 3.47. The predicted octanol–water partition coefficient (Wildman–Crippen LogP) is 2.15. The quantitative estimate of drug-likeness (QED) is 0.575. The highest BCUT2D eigenvalue weighted by Gasteiger charge is 2.43. The molecule has 1 aliphatic carbocycles. The Morgan fingerprint density at radius 2 is 2.14 bits per heavy atom. The van der Waals surface area contributed by atoms with Crippen molar-refractivity contribution >= 4 is 15.9 Å². The number of nitrogens with zero attached hydrogens (tertiary/aromatic N) is 2. The first-order chi connectivity index (χ1) is 10.2. The van der Waals surface area contributed by atoms with Crippen LogP contribution in [0.3, 0.4) is 0 Å². The first-order valence-electron chi connectivity index (χ1n) is 7.40. The Morgan fingerprint density at radius 1 is 1.43 bits per heavy atom. The molecule has 0 amide bonds. The highest BCUT2D eigenvalue weighted by Crippen LogP contribution is 2.42. The molecular formula is C14H25BrN4O2. The average Bonchev–Trinajstić information content (AvgIpc) is 2.88. The molecule has 2 rings (SSSR count). The van der Waals surface area contributed by atoms with E-state index in [4.69, 9.17) is 15.3 Å². The van der Waals surface area contributed by atoms with Crippen LogP contribution in [-0.4, -0.2) is 36.2 Å². The number of aromatic nitrogens is 2. The molecular weight excluding hydrogens is 336 g/mol. The Balaban J connectivity index is 2.33. The smallest absolute Gasteiger partial charge is 0.0929 e. The molecule has 0 bridgehead atoms. The Hall–Kier alpha value is -0.470. The summed E-state index contributed by atoms with van der Waals surface area (Å²) >= 11 is 3.60. The minimum absolute atomic E-state index is 0.100. The zero-order valence-corrected chi connectivity index (χ0v) is 14.4. The number of hydrazine groups is 1. The summed E-state index contributed by atoms with van der Waals surface area (Å²) < 4.78 is 14.0. The van der Waals surface area contributed by atoms with Crippen molar-refractivity contribution < 1.29 is 9.47 Å². The van der Waals surface area contributed by atoms with Crippen LogP contribution in [-0.2, 0) is 16.0 Å². The van der Waals surface area contributed by atoms with E-state index in [1.165, 1.54) is 6.42 Å². The summed E-state index contributed by atoms with van der Waals surface area (Å²) in [6.45, 7) is 1.30. The van der Waals surface area contributed by atoms with E-state index >= 15 is 0 Å². The molecule has 6 nitrogen and oxygen atoms in total. The standard InChI is InChI=1S/C14H25BrN4O2/c1-20-9-8-19-12(11(15)10-17-19)13(18-16)14(21-2)6-4-3-5-7-14/h10,13,18H,3-9,16H2,1-2H3. The topological polar surface area (TPSA) is 74.3 Å². The predicted molar refractivity (Wildman–Crippen MR) is 84.7 cm³/mol. The largest absolute Gasteiger partial charge is 0.383 e. The zero-order chi connectivity index (χ0) is 15.3.